The summed E-state index contributed by atoms with van der Waals surface area (Å²) in [5, 5.41) is 3.69. The van der Waals surface area contributed by atoms with Gasteiger partial charge in [0, 0.05) is 30.1 Å². The Kier molecular flexibility index (Phi) is 4.96. The molecule has 0 spiro atoms. The van der Waals surface area contributed by atoms with Crippen molar-refractivity contribution >= 4 is 11.8 Å². The van der Waals surface area contributed by atoms with Crippen LogP contribution in [-0.2, 0) is 13.0 Å². The Morgan fingerprint density at radius 2 is 2.14 bits per heavy atom. The molecular weight excluding hydrogens is 282 g/mol. The molecule has 116 valence electrons. The van der Waals surface area contributed by atoms with Crippen molar-refractivity contribution in [2.45, 2.75) is 51.8 Å². The van der Waals surface area contributed by atoms with E-state index in [4.69, 9.17) is 9.47 Å². The standard InChI is InChI=1S/C17H25NO2S/c1-3-19-16-9-13-8-12(2)20-17(13)10-14(16)11-18-15-4-6-21-7-5-15/h9-10,12,15,18H,3-8,11H2,1-2H3. The van der Waals surface area contributed by atoms with Crippen LogP contribution in [0.25, 0.3) is 0 Å². The first-order chi connectivity index (χ1) is 10.3. The van der Waals surface area contributed by atoms with Gasteiger partial charge in [-0.2, -0.15) is 11.8 Å². The van der Waals surface area contributed by atoms with Crippen molar-refractivity contribution in [3.8, 4) is 11.5 Å². The molecule has 1 saturated heterocycles. The monoisotopic (exact) mass is 307 g/mol. The molecule has 21 heavy (non-hydrogen) atoms. The Labute approximate surface area is 131 Å². The molecule has 1 unspecified atom stereocenters. The lowest BCUT2D eigenvalue weighted by molar-refractivity contribution is 0.254. The maximum atomic E-state index is 5.89. The SMILES string of the molecule is CCOc1cc2c(cc1CNC1CCSCC1)OC(C)C2. The largest absolute Gasteiger partial charge is 0.494 e. The average molecular weight is 307 g/mol. The summed E-state index contributed by atoms with van der Waals surface area (Å²) >= 11 is 2.06. The van der Waals surface area contributed by atoms with E-state index in [1.54, 1.807) is 0 Å². The summed E-state index contributed by atoms with van der Waals surface area (Å²) in [6.07, 6.45) is 3.82. The molecule has 0 saturated carbocycles. The molecule has 0 aliphatic carbocycles. The van der Waals surface area contributed by atoms with Crippen LogP contribution in [0, 0.1) is 0 Å². The number of ether oxygens (including phenoxy) is 2. The maximum Gasteiger partial charge on any atom is 0.124 e. The Hall–Kier alpha value is -0.870. The van der Waals surface area contributed by atoms with Crippen LogP contribution in [0.3, 0.4) is 0 Å². The topological polar surface area (TPSA) is 30.5 Å². The van der Waals surface area contributed by atoms with Gasteiger partial charge in [-0.1, -0.05) is 0 Å². The van der Waals surface area contributed by atoms with Crippen LogP contribution >= 0.6 is 11.8 Å². The number of rotatable bonds is 5. The molecule has 1 N–H and O–H groups in total. The smallest absolute Gasteiger partial charge is 0.124 e. The van der Waals surface area contributed by atoms with Crippen LogP contribution in [0.15, 0.2) is 12.1 Å². The lowest BCUT2D eigenvalue weighted by Gasteiger charge is -2.23. The summed E-state index contributed by atoms with van der Waals surface area (Å²) in [4.78, 5) is 0. The van der Waals surface area contributed by atoms with E-state index < -0.39 is 0 Å². The van der Waals surface area contributed by atoms with Crippen LogP contribution in [0.1, 0.15) is 37.8 Å². The number of hydrogen-bond acceptors (Lipinski definition) is 4. The van der Waals surface area contributed by atoms with E-state index in [1.807, 2.05) is 6.92 Å². The molecule has 1 aromatic rings. The fraction of sp³-hybridized carbons (Fsp3) is 0.647. The minimum absolute atomic E-state index is 0.285. The molecular formula is C17H25NO2S. The number of thioether (sulfide) groups is 1. The van der Waals surface area contributed by atoms with Gasteiger partial charge in [-0.25, -0.2) is 0 Å². The van der Waals surface area contributed by atoms with Crippen LogP contribution in [-0.4, -0.2) is 30.3 Å². The van der Waals surface area contributed by atoms with E-state index in [9.17, 15) is 0 Å². The van der Waals surface area contributed by atoms with Crippen molar-refractivity contribution < 1.29 is 9.47 Å². The second-order valence-electron chi connectivity index (χ2n) is 5.90. The zero-order valence-electron chi connectivity index (χ0n) is 13.0. The van der Waals surface area contributed by atoms with Gasteiger partial charge in [0.05, 0.1) is 6.61 Å². The third-order valence-corrected chi connectivity index (χ3v) is 5.23. The van der Waals surface area contributed by atoms with Crippen LogP contribution in [0.5, 0.6) is 11.5 Å². The van der Waals surface area contributed by atoms with Crippen molar-refractivity contribution in [2.24, 2.45) is 0 Å². The van der Waals surface area contributed by atoms with Crippen molar-refractivity contribution in [2.75, 3.05) is 18.1 Å². The zero-order chi connectivity index (χ0) is 14.7. The van der Waals surface area contributed by atoms with E-state index in [-0.39, 0.29) is 6.10 Å². The number of benzene rings is 1. The minimum Gasteiger partial charge on any atom is -0.494 e. The van der Waals surface area contributed by atoms with Crippen molar-refractivity contribution in [1.29, 1.82) is 0 Å². The van der Waals surface area contributed by atoms with Crippen LogP contribution < -0.4 is 14.8 Å². The third-order valence-electron chi connectivity index (χ3n) is 4.18. The molecule has 2 heterocycles. The highest BCUT2D eigenvalue weighted by Crippen LogP contribution is 2.35. The highest BCUT2D eigenvalue weighted by Gasteiger charge is 2.22. The van der Waals surface area contributed by atoms with Crippen molar-refractivity contribution in [3.05, 3.63) is 23.3 Å². The Morgan fingerprint density at radius 1 is 1.33 bits per heavy atom. The molecule has 1 aromatic carbocycles. The molecule has 0 bridgehead atoms. The summed E-state index contributed by atoms with van der Waals surface area (Å²) in [6.45, 7) is 5.75. The van der Waals surface area contributed by atoms with Gasteiger partial charge in [-0.3, -0.25) is 0 Å². The van der Waals surface area contributed by atoms with Gasteiger partial charge in [0.2, 0.25) is 0 Å². The molecule has 1 atom stereocenters. The third kappa shape index (κ3) is 3.67. The Bertz CT molecular complexity index is 486. The highest BCUT2D eigenvalue weighted by atomic mass is 32.2. The molecule has 0 aromatic heterocycles. The summed E-state index contributed by atoms with van der Waals surface area (Å²) in [7, 11) is 0. The van der Waals surface area contributed by atoms with Gasteiger partial charge >= 0.3 is 0 Å². The number of hydrogen-bond donors (Lipinski definition) is 1. The predicted molar refractivity (Wildman–Crippen MR) is 88.6 cm³/mol. The lowest BCUT2D eigenvalue weighted by atomic mass is 10.1. The fourth-order valence-electron chi connectivity index (χ4n) is 3.07. The molecule has 0 radical (unpaired) electrons. The van der Waals surface area contributed by atoms with E-state index in [2.05, 4.69) is 36.1 Å². The average Bonchev–Trinajstić information content (AvgIpc) is 2.85. The molecule has 3 rings (SSSR count). The van der Waals surface area contributed by atoms with Gasteiger partial charge in [0.1, 0.15) is 17.6 Å². The van der Waals surface area contributed by atoms with E-state index >= 15 is 0 Å². The second kappa shape index (κ2) is 6.93. The van der Waals surface area contributed by atoms with Gasteiger partial charge in [0.25, 0.3) is 0 Å². The zero-order valence-corrected chi connectivity index (χ0v) is 13.8. The first kappa shape index (κ1) is 15.0. The van der Waals surface area contributed by atoms with Crippen LogP contribution in [0.4, 0.5) is 0 Å². The lowest BCUT2D eigenvalue weighted by Crippen LogP contribution is -2.32. The van der Waals surface area contributed by atoms with Crippen molar-refractivity contribution in [1.82, 2.24) is 5.32 Å². The molecule has 2 aliphatic rings. The van der Waals surface area contributed by atoms with Gasteiger partial charge in [0.15, 0.2) is 0 Å². The molecule has 2 aliphatic heterocycles. The molecule has 3 nitrogen and oxygen atoms in total. The Morgan fingerprint density at radius 3 is 2.90 bits per heavy atom. The molecule has 0 amide bonds. The normalized spacial score (nSPS) is 21.9. The second-order valence-corrected chi connectivity index (χ2v) is 7.13. The summed E-state index contributed by atoms with van der Waals surface area (Å²) in [5.41, 5.74) is 2.51. The highest BCUT2D eigenvalue weighted by molar-refractivity contribution is 7.99. The first-order valence-corrected chi connectivity index (χ1v) is 9.18. The number of nitrogens with one attached hydrogen (secondary N) is 1. The number of fused-ring (bicyclic) bond motifs is 1. The van der Waals surface area contributed by atoms with E-state index in [1.165, 1.54) is 35.5 Å². The first-order valence-electron chi connectivity index (χ1n) is 8.02. The fourth-order valence-corrected chi connectivity index (χ4v) is 4.17. The summed E-state index contributed by atoms with van der Waals surface area (Å²) in [6, 6.07) is 5.00. The maximum absolute atomic E-state index is 5.89. The molecule has 4 heteroatoms. The summed E-state index contributed by atoms with van der Waals surface area (Å²) in [5.74, 6) is 4.62. The summed E-state index contributed by atoms with van der Waals surface area (Å²) < 4.78 is 11.7. The van der Waals surface area contributed by atoms with E-state index in [0.29, 0.717) is 12.6 Å². The van der Waals surface area contributed by atoms with Crippen LogP contribution in [0.2, 0.25) is 0 Å². The molecule has 1 fully saturated rings. The predicted octanol–water partition coefficient (Wildman–Crippen LogP) is 3.39. The Balaban J connectivity index is 1.71. The van der Waals surface area contributed by atoms with Crippen molar-refractivity contribution in [3.63, 3.8) is 0 Å². The van der Waals surface area contributed by atoms with E-state index in [0.717, 1.165) is 24.5 Å². The minimum atomic E-state index is 0.285. The van der Waals surface area contributed by atoms with Gasteiger partial charge < -0.3 is 14.8 Å². The van der Waals surface area contributed by atoms with Gasteiger partial charge in [-0.15, -0.1) is 0 Å². The quantitative estimate of drug-likeness (QED) is 0.903. The van der Waals surface area contributed by atoms with Gasteiger partial charge in [-0.05, 0) is 50.3 Å².